The van der Waals surface area contributed by atoms with E-state index in [1.165, 1.54) is 82.2 Å². The van der Waals surface area contributed by atoms with Gasteiger partial charge in [0.05, 0.1) is 41.5 Å². The van der Waals surface area contributed by atoms with Crippen LogP contribution in [-0.2, 0) is 25.7 Å². The van der Waals surface area contributed by atoms with Crippen LogP contribution in [0, 0.1) is 18.8 Å². The summed E-state index contributed by atoms with van der Waals surface area (Å²) in [6.07, 6.45) is -1.83. The van der Waals surface area contributed by atoms with Gasteiger partial charge in [-0.3, -0.25) is 29.3 Å². The molecule has 22 nitrogen and oxygen atoms in total. The number of fused-ring (bicyclic) bond motifs is 14. The first kappa shape index (κ1) is 58.9. The largest absolute Gasteiger partial charge is 0.396 e. The van der Waals surface area contributed by atoms with E-state index in [9.17, 15) is 39.3 Å². The molecule has 10 bridgehead atoms. The minimum absolute atomic E-state index is 0.0101. The van der Waals surface area contributed by atoms with E-state index in [1.807, 2.05) is 31.4 Å². The number of hydrogen-bond acceptors (Lipinski definition) is 23. The van der Waals surface area contributed by atoms with Crippen molar-refractivity contribution >= 4 is 103 Å². The molecule has 1 unspecified atom stereocenters. The number of nitrogens with one attached hydrogen (secondary N) is 6. The number of aryl methyl sites for hydroxylation is 1. The number of aliphatic hydroxyl groups is 3. The minimum Gasteiger partial charge on any atom is -0.396 e. The molecule has 9 rings (SSSR count). The highest BCUT2D eigenvalue weighted by molar-refractivity contribution is 7.15. The van der Waals surface area contributed by atoms with Crippen molar-refractivity contribution in [2.45, 2.75) is 84.0 Å². The van der Waals surface area contributed by atoms with E-state index < -0.39 is 54.7 Å². The zero-order valence-electron chi connectivity index (χ0n) is 44.5. The molecule has 28 heteroatoms. The van der Waals surface area contributed by atoms with E-state index in [-0.39, 0.29) is 60.4 Å². The number of aromatic nitrogens is 7. The lowest BCUT2D eigenvalue weighted by atomic mass is 10.0. The number of nitrogens with zero attached hydrogens (tertiary/aromatic N) is 7. The van der Waals surface area contributed by atoms with Crippen molar-refractivity contribution in [2.24, 2.45) is 11.8 Å². The standard InChI is InChI=1S/C53H57N13O9S6/c1-24(2)38-53-66-41(34(81-53)19-75-6)46(73)55-18-37(69)63-42(43(70)27-12-8-7-9-13-27)52-60-33(22-78-52)50-58-31(20-77-50)40-28(14-15-29(56-40)49-62-35(23-79-49)61-44(71)25(3)11-10-16-67)48-59-32(21-76-48)45(72)57-30(17-36(68)54-5)51-65-39(26(4)80-51)47(74)64-38/h7-9,12-15,20-25,30,38,42-43,45,57,67,70,72H,10-11,16-19H2,1-6H3,(H,54,68)(H,55,73)(H,61,71)(H,63,69)(H,64,74)/t25-,30+,38+,42+,43+,45?/m1/s1. The summed E-state index contributed by atoms with van der Waals surface area (Å²) in [6, 6.07) is 9.76. The van der Waals surface area contributed by atoms with Gasteiger partial charge in [0.2, 0.25) is 17.7 Å². The van der Waals surface area contributed by atoms with E-state index in [1.54, 1.807) is 60.3 Å². The van der Waals surface area contributed by atoms with Crippen LogP contribution in [0.5, 0.6) is 0 Å². The fourth-order valence-corrected chi connectivity index (χ4v) is 14.1. The van der Waals surface area contributed by atoms with E-state index in [0.717, 1.165) is 0 Å². The number of amides is 5. The molecule has 424 valence electrons. The summed E-state index contributed by atoms with van der Waals surface area (Å²) in [5.41, 5.74) is 3.18. The number of anilines is 1. The Bertz CT molecular complexity index is 3540. The van der Waals surface area contributed by atoms with Gasteiger partial charge in [-0.05, 0) is 43.4 Å². The summed E-state index contributed by atoms with van der Waals surface area (Å²) in [5.74, 6) is -2.63. The van der Waals surface area contributed by atoms with Crippen LogP contribution in [0.25, 0.3) is 43.4 Å². The van der Waals surface area contributed by atoms with Gasteiger partial charge >= 0.3 is 0 Å². The van der Waals surface area contributed by atoms with Gasteiger partial charge in [0, 0.05) is 65.1 Å². The molecule has 8 aromatic rings. The van der Waals surface area contributed by atoms with Gasteiger partial charge in [0.25, 0.3) is 11.8 Å². The van der Waals surface area contributed by atoms with Crippen molar-refractivity contribution in [1.82, 2.24) is 61.5 Å². The quantitative estimate of drug-likeness (QED) is 0.0539. The van der Waals surface area contributed by atoms with Crippen molar-refractivity contribution in [3.63, 3.8) is 0 Å². The first-order valence-corrected chi connectivity index (χ1v) is 30.7. The van der Waals surface area contributed by atoms with Gasteiger partial charge in [-0.1, -0.05) is 51.1 Å². The van der Waals surface area contributed by atoms with Crippen LogP contribution < -0.4 is 31.9 Å². The monoisotopic (exact) mass is 1210 g/mol. The topological polar surface area (TPSA) is 318 Å². The maximum Gasteiger partial charge on any atom is 0.271 e. The van der Waals surface area contributed by atoms with Crippen LogP contribution in [0.3, 0.4) is 0 Å². The smallest absolute Gasteiger partial charge is 0.271 e. The minimum atomic E-state index is -1.42. The number of pyridine rings is 1. The normalized spacial score (nSPS) is 17.9. The van der Waals surface area contributed by atoms with Crippen LogP contribution in [0.2, 0.25) is 0 Å². The fraction of sp³-hybridized carbons (Fsp3) is 0.358. The van der Waals surface area contributed by atoms with Crippen LogP contribution >= 0.6 is 68.0 Å². The molecule has 0 radical (unpaired) electrons. The molecule has 9 N–H and O–H groups in total. The molecule has 6 atom stereocenters. The van der Waals surface area contributed by atoms with Crippen LogP contribution in [0.15, 0.2) is 64.0 Å². The summed E-state index contributed by atoms with van der Waals surface area (Å²) in [7, 11) is 2.97. The lowest BCUT2D eigenvalue weighted by molar-refractivity contribution is -0.122. The fourth-order valence-electron chi connectivity index (χ4n) is 8.51. The first-order valence-electron chi connectivity index (χ1n) is 25.5. The highest BCUT2D eigenvalue weighted by Gasteiger charge is 2.33. The summed E-state index contributed by atoms with van der Waals surface area (Å²) in [4.78, 5) is 103. The average Bonchev–Trinajstić information content (AvgIpc) is 4.56. The van der Waals surface area contributed by atoms with Gasteiger partial charge in [0.1, 0.15) is 82.7 Å². The van der Waals surface area contributed by atoms with Crippen LogP contribution in [0.4, 0.5) is 5.82 Å². The number of ether oxygens (including phenoxy) is 1. The second-order valence-corrected chi connectivity index (χ2v) is 24.9. The molecule has 0 saturated carbocycles. The third-order valence-corrected chi connectivity index (χ3v) is 18.6. The molecule has 0 saturated heterocycles. The molecule has 8 heterocycles. The van der Waals surface area contributed by atoms with Crippen LogP contribution in [-0.4, -0.2) is 107 Å². The number of rotatable bonds is 13. The predicted molar refractivity (Wildman–Crippen MR) is 312 cm³/mol. The Hall–Kier alpha value is -6.70. The Morgan fingerprint density at radius 2 is 1.51 bits per heavy atom. The van der Waals surface area contributed by atoms with Crippen molar-refractivity contribution in [1.29, 1.82) is 0 Å². The molecular formula is C53H57N13O9S6. The van der Waals surface area contributed by atoms with Gasteiger partial charge in [-0.15, -0.1) is 68.0 Å². The molecule has 5 amide bonds. The average molecular weight is 1210 g/mol. The summed E-state index contributed by atoms with van der Waals surface area (Å²) in [6.45, 7) is 6.81. The molecule has 1 aliphatic rings. The van der Waals surface area contributed by atoms with Gasteiger partial charge in [-0.2, -0.15) is 0 Å². The number of carbonyl (C=O) groups excluding carboxylic acids is 5. The Kier molecular flexibility index (Phi) is 19.3. The van der Waals surface area contributed by atoms with Gasteiger partial charge in [-0.25, -0.2) is 34.9 Å². The first-order chi connectivity index (χ1) is 39.0. The van der Waals surface area contributed by atoms with E-state index in [0.29, 0.717) is 92.4 Å². The third kappa shape index (κ3) is 13.8. The number of thiazole rings is 6. The summed E-state index contributed by atoms with van der Waals surface area (Å²) in [5, 5.41) is 59.9. The Morgan fingerprint density at radius 1 is 0.765 bits per heavy atom. The van der Waals surface area contributed by atoms with Crippen molar-refractivity contribution in [3.8, 4) is 43.4 Å². The molecule has 0 spiro atoms. The van der Waals surface area contributed by atoms with Gasteiger partial charge in [0.15, 0.2) is 0 Å². The number of aliphatic hydroxyl groups excluding tert-OH is 3. The third-order valence-electron chi connectivity index (χ3n) is 12.9. The molecule has 1 aromatic carbocycles. The van der Waals surface area contributed by atoms with Crippen molar-refractivity contribution in [2.75, 3.05) is 32.6 Å². The number of methoxy groups -OCH3 is 1. The maximum absolute atomic E-state index is 14.2. The molecule has 0 fully saturated rings. The number of hydrogen-bond donors (Lipinski definition) is 9. The summed E-state index contributed by atoms with van der Waals surface area (Å²) < 4.78 is 5.45. The summed E-state index contributed by atoms with van der Waals surface area (Å²) >= 11 is 7.39. The Labute approximate surface area is 489 Å². The zero-order chi connectivity index (χ0) is 57.5. The number of benzene rings is 1. The SMILES string of the molecule is CNC(=O)C[C@@H]1NC(O)c2csc(n2)-c2ccc(-c3nc(NC(=O)[C@H](C)CCCO)cs3)nc2-c2csc(n2)-c2csc(n2)[C@H]([C@@H](O)c2ccccc2)NC(=O)CNC(=O)c2nc(sc2COC)[C@H](C(C)C)NC(=O)c2nc1sc2C. The Morgan fingerprint density at radius 3 is 2.26 bits per heavy atom. The second kappa shape index (κ2) is 26.5. The van der Waals surface area contributed by atoms with Crippen LogP contribution in [0.1, 0.15) is 128 Å². The molecule has 0 aliphatic carbocycles. The predicted octanol–water partition coefficient (Wildman–Crippen LogP) is 7.51. The second-order valence-electron chi connectivity index (χ2n) is 19.1. The highest BCUT2D eigenvalue weighted by Crippen LogP contribution is 2.40. The molecule has 7 aromatic heterocycles. The Balaban J connectivity index is 1.12. The van der Waals surface area contributed by atoms with Crippen molar-refractivity contribution < 1.29 is 44.0 Å². The molecule has 1 aliphatic heterocycles. The zero-order valence-corrected chi connectivity index (χ0v) is 49.4. The highest BCUT2D eigenvalue weighted by atomic mass is 32.1. The number of carbonyl (C=O) groups is 5. The maximum atomic E-state index is 14.2. The van der Waals surface area contributed by atoms with E-state index in [2.05, 4.69) is 31.9 Å². The van der Waals surface area contributed by atoms with E-state index in [4.69, 9.17) is 39.6 Å². The molecule has 81 heavy (non-hydrogen) atoms. The molecular weight excluding hydrogens is 1160 g/mol. The van der Waals surface area contributed by atoms with Gasteiger partial charge < -0.3 is 46.6 Å². The van der Waals surface area contributed by atoms with Crippen molar-refractivity contribution in [3.05, 3.63) is 111 Å². The van der Waals surface area contributed by atoms with E-state index >= 15 is 0 Å². The lowest BCUT2D eigenvalue weighted by Gasteiger charge is -2.23. The lowest BCUT2D eigenvalue weighted by Crippen LogP contribution is -2.40.